The molecule has 0 unspecified atom stereocenters. The van der Waals surface area contributed by atoms with E-state index >= 15 is 0 Å². The van der Waals surface area contributed by atoms with Gasteiger partial charge in [0.15, 0.2) is 0 Å². The Labute approximate surface area is 70.7 Å². The van der Waals surface area contributed by atoms with E-state index in [-0.39, 0.29) is 0 Å². The van der Waals surface area contributed by atoms with Gasteiger partial charge < -0.3 is 0 Å². The summed E-state index contributed by atoms with van der Waals surface area (Å²) in [7, 11) is 0. The maximum absolute atomic E-state index is 2.32. The number of hydrogen-bond acceptors (Lipinski definition) is 0. The van der Waals surface area contributed by atoms with Crippen molar-refractivity contribution in [3.63, 3.8) is 0 Å². The summed E-state index contributed by atoms with van der Waals surface area (Å²) in [6.07, 6.45) is 14.1. The van der Waals surface area contributed by atoms with E-state index in [2.05, 4.69) is 19.1 Å². The number of rotatable bonds is 4. The molecule has 0 aromatic rings. The maximum Gasteiger partial charge on any atom is -0.0200 e. The van der Waals surface area contributed by atoms with Gasteiger partial charge in [0.1, 0.15) is 0 Å². The zero-order chi connectivity index (χ0) is 7.94. The molecule has 0 fully saturated rings. The summed E-state index contributed by atoms with van der Waals surface area (Å²) in [5, 5.41) is 0. The highest BCUT2D eigenvalue weighted by Gasteiger charge is 2.08. The second-order valence-electron chi connectivity index (χ2n) is 3.42. The van der Waals surface area contributed by atoms with Crippen LogP contribution in [0.4, 0.5) is 0 Å². The minimum absolute atomic E-state index is 1.27. The molecule has 0 amide bonds. The topological polar surface area (TPSA) is 0 Å². The molecular formula is C11H19. The quantitative estimate of drug-likeness (QED) is 0.422. The van der Waals surface area contributed by atoms with Crippen LogP contribution < -0.4 is 0 Å². The minimum atomic E-state index is 1.27. The van der Waals surface area contributed by atoms with Gasteiger partial charge in [-0.15, -0.1) is 0 Å². The van der Waals surface area contributed by atoms with Gasteiger partial charge in [0.25, 0.3) is 0 Å². The molecule has 1 aliphatic rings. The lowest BCUT2D eigenvalue weighted by atomic mass is 9.90. The van der Waals surface area contributed by atoms with Gasteiger partial charge in [0.05, 0.1) is 0 Å². The van der Waals surface area contributed by atoms with Crippen LogP contribution in [0.2, 0.25) is 0 Å². The van der Waals surface area contributed by atoms with Gasteiger partial charge in [-0.3, -0.25) is 0 Å². The molecule has 0 aromatic carbocycles. The third-order valence-corrected chi connectivity index (χ3v) is 2.37. The predicted molar refractivity (Wildman–Crippen MR) is 50.4 cm³/mol. The van der Waals surface area contributed by atoms with Crippen LogP contribution in [-0.4, -0.2) is 0 Å². The Hall–Kier alpha value is -0.260. The first-order valence-corrected chi connectivity index (χ1v) is 4.92. The van der Waals surface area contributed by atoms with E-state index in [0.717, 1.165) is 0 Å². The molecule has 0 nitrogen and oxygen atoms in total. The van der Waals surface area contributed by atoms with Crippen molar-refractivity contribution in [3.05, 3.63) is 18.1 Å². The average Bonchev–Trinajstić information content (AvgIpc) is 2.07. The summed E-state index contributed by atoms with van der Waals surface area (Å²) in [5.74, 6) is 1.78. The predicted octanol–water partition coefficient (Wildman–Crippen LogP) is 3.88. The Morgan fingerprint density at radius 2 is 2.18 bits per heavy atom. The summed E-state index contributed by atoms with van der Waals surface area (Å²) < 4.78 is 0. The SMILES string of the molecule is CCCCC[C]1CC=CCC1. The number of hydrogen-bond donors (Lipinski definition) is 0. The van der Waals surface area contributed by atoms with Gasteiger partial charge in [-0.2, -0.15) is 0 Å². The fourth-order valence-corrected chi connectivity index (χ4v) is 1.61. The zero-order valence-corrected chi connectivity index (χ0v) is 7.60. The van der Waals surface area contributed by atoms with Crippen molar-refractivity contribution >= 4 is 0 Å². The highest BCUT2D eigenvalue weighted by Crippen LogP contribution is 2.25. The third-order valence-electron chi connectivity index (χ3n) is 2.37. The molecule has 1 rings (SSSR count). The van der Waals surface area contributed by atoms with Crippen LogP contribution in [-0.2, 0) is 0 Å². The van der Waals surface area contributed by atoms with Gasteiger partial charge in [0.2, 0.25) is 0 Å². The average molecular weight is 151 g/mol. The van der Waals surface area contributed by atoms with Crippen LogP contribution in [0, 0.1) is 5.92 Å². The lowest BCUT2D eigenvalue weighted by Crippen LogP contribution is -1.99. The summed E-state index contributed by atoms with van der Waals surface area (Å²) in [5.41, 5.74) is 0. The normalized spacial score (nSPS) is 19.0. The van der Waals surface area contributed by atoms with Gasteiger partial charge in [0, 0.05) is 0 Å². The molecule has 0 aromatic heterocycles. The van der Waals surface area contributed by atoms with E-state index in [1.807, 2.05) is 0 Å². The van der Waals surface area contributed by atoms with Crippen LogP contribution in [0.5, 0.6) is 0 Å². The molecule has 0 heteroatoms. The molecule has 11 heavy (non-hydrogen) atoms. The molecule has 0 aliphatic heterocycles. The number of unbranched alkanes of at least 4 members (excludes halogenated alkanes) is 2. The van der Waals surface area contributed by atoms with E-state index in [9.17, 15) is 0 Å². The number of allylic oxidation sites excluding steroid dienone is 2. The van der Waals surface area contributed by atoms with Crippen LogP contribution in [0.3, 0.4) is 0 Å². The molecule has 0 bridgehead atoms. The second kappa shape index (κ2) is 5.40. The van der Waals surface area contributed by atoms with Crippen LogP contribution >= 0.6 is 0 Å². The molecule has 0 atom stereocenters. The summed E-state index contributed by atoms with van der Waals surface area (Å²) in [6, 6.07) is 0. The van der Waals surface area contributed by atoms with Crippen molar-refractivity contribution in [3.8, 4) is 0 Å². The first kappa shape index (κ1) is 8.83. The minimum Gasteiger partial charge on any atom is -0.0885 e. The van der Waals surface area contributed by atoms with E-state index in [1.165, 1.54) is 44.9 Å². The maximum atomic E-state index is 2.32. The van der Waals surface area contributed by atoms with Crippen molar-refractivity contribution in [2.45, 2.75) is 51.9 Å². The highest BCUT2D eigenvalue weighted by atomic mass is 14.1. The summed E-state index contributed by atoms with van der Waals surface area (Å²) >= 11 is 0. The Morgan fingerprint density at radius 1 is 1.27 bits per heavy atom. The standard InChI is InChI=1S/C11H19/c1-2-3-5-8-11-9-6-4-7-10-11/h4,6H,2-3,5,7-10H2,1H3. The van der Waals surface area contributed by atoms with Gasteiger partial charge >= 0.3 is 0 Å². The molecule has 0 saturated carbocycles. The van der Waals surface area contributed by atoms with Crippen molar-refractivity contribution in [2.75, 3.05) is 0 Å². The Bertz CT molecular complexity index is 113. The van der Waals surface area contributed by atoms with E-state index in [0.29, 0.717) is 0 Å². The highest BCUT2D eigenvalue weighted by molar-refractivity contribution is 5.04. The van der Waals surface area contributed by atoms with Crippen LogP contribution in [0.15, 0.2) is 12.2 Å². The lowest BCUT2D eigenvalue weighted by molar-refractivity contribution is 0.614. The smallest absolute Gasteiger partial charge is 0.0200 e. The molecule has 0 spiro atoms. The van der Waals surface area contributed by atoms with Crippen molar-refractivity contribution in [1.82, 2.24) is 0 Å². The van der Waals surface area contributed by atoms with Crippen LogP contribution in [0.25, 0.3) is 0 Å². The largest absolute Gasteiger partial charge is 0.0885 e. The van der Waals surface area contributed by atoms with E-state index in [1.54, 1.807) is 5.92 Å². The van der Waals surface area contributed by atoms with Gasteiger partial charge in [-0.1, -0.05) is 38.3 Å². The zero-order valence-electron chi connectivity index (χ0n) is 7.60. The van der Waals surface area contributed by atoms with Gasteiger partial charge in [-0.25, -0.2) is 0 Å². The van der Waals surface area contributed by atoms with E-state index in [4.69, 9.17) is 0 Å². The molecule has 1 aliphatic carbocycles. The van der Waals surface area contributed by atoms with Gasteiger partial charge in [-0.05, 0) is 31.6 Å². The Kier molecular flexibility index (Phi) is 4.33. The molecule has 0 heterocycles. The van der Waals surface area contributed by atoms with Crippen molar-refractivity contribution < 1.29 is 0 Å². The van der Waals surface area contributed by atoms with E-state index < -0.39 is 0 Å². The molecule has 0 N–H and O–H groups in total. The molecular weight excluding hydrogens is 132 g/mol. The van der Waals surface area contributed by atoms with Crippen molar-refractivity contribution in [2.24, 2.45) is 0 Å². The molecule has 1 radical (unpaired) electrons. The third kappa shape index (κ3) is 3.60. The Morgan fingerprint density at radius 3 is 2.82 bits per heavy atom. The second-order valence-corrected chi connectivity index (χ2v) is 3.42. The monoisotopic (exact) mass is 151 g/mol. The van der Waals surface area contributed by atoms with Crippen molar-refractivity contribution in [1.29, 1.82) is 0 Å². The Balaban J connectivity index is 2.02. The molecule has 0 saturated heterocycles. The summed E-state index contributed by atoms with van der Waals surface area (Å²) in [6.45, 7) is 2.27. The molecule has 63 valence electrons. The fourth-order valence-electron chi connectivity index (χ4n) is 1.61. The first-order valence-electron chi connectivity index (χ1n) is 4.92. The first-order chi connectivity index (χ1) is 5.43. The summed E-state index contributed by atoms with van der Waals surface area (Å²) in [4.78, 5) is 0. The lowest BCUT2D eigenvalue weighted by Gasteiger charge is -2.16. The fraction of sp³-hybridized carbons (Fsp3) is 0.727. The van der Waals surface area contributed by atoms with Crippen LogP contribution in [0.1, 0.15) is 51.9 Å².